The maximum Gasteiger partial charge on any atom is 0.306 e. The van der Waals surface area contributed by atoms with E-state index in [9.17, 15) is 4.79 Å². The lowest BCUT2D eigenvalue weighted by Gasteiger charge is -2.48. The van der Waals surface area contributed by atoms with Gasteiger partial charge in [-0.15, -0.1) is 0 Å². The topological polar surface area (TPSA) is 26.3 Å². The average molecular weight is 280 g/mol. The first-order valence-corrected chi connectivity index (χ1v) is 8.94. The fourth-order valence-electron chi connectivity index (χ4n) is 4.62. The number of carbonyl (C=O) groups excluding carboxylic acids is 1. The summed E-state index contributed by atoms with van der Waals surface area (Å²) >= 11 is 0. The summed E-state index contributed by atoms with van der Waals surface area (Å²) in [6.45, 7) is 4.16. The van der Waals surface area contributed by atoms with Crippen molar-refractivity contribution < 1.29 is 9.53 Å². The second-order valence-electron chi connectivity index (χ2n) is 6.81. The lowest BCUT2D eigenvalue weighted by atomic mass is 9.65. The zero-order valence-corrected chi connectivity index (χ0v) is 13.5. The van der Waals surface area contributed by atoms with Crippen LogP contribution in [-0.4, -0.2) is 11.6 Å². The van der Waals surface area contributed by atoms with Crippen LogP contribution in [0.1, 0.15) is 90.9 Å². The molecule has 0 atom stereocenters. The molecule has 2 rings (SSSR count). The molecule has 0 unspecified atom stereocenters. The molecule has 2 aliphatic carbocycles. The smallest absolute Gasteiger partial charge is 0.306 e. The van der Waals surface area contributed by atoms with Crippen molar-refractivity contribution in [3.63, 3.8) is 0 Å². The number of esters is 1. The van der Waals surface area contributed by atoms with Crippen molar-refractivity contribution >= 4 is 5.97 Å². The average Bonchev–Trinajstić information content (AvgIpc) is 2.54. The summed E-state index contributed by atoms with van der Waals surface area (Å²) in [6.07, 6.45) is 14.6. The molecule has 0 amide bonds. The van der Waals surface area contributed by atoms with Gasteiger partial charge in [0, 0.05) is 6.42 Å². The number of ether oxygens (including phenoxy) is 1. The highest BCUT2D eigenvalue weighted by Gasteiger charge is 2.47. The van der Waals surface area contributed by atoms with Crippen LogP contribution in [0.15, 0.2) is 0 Å². The van der Waals surface area contributed by atoms with E-state index in [4.69, 9.17) is 4.74 Å². The Morgan fingerprint density at radius 1 is 0.900 bits per heavy atom. The van der Waals surface area contributed by atoms with Crippen molar-refractivity contribution in [1.29, 1.82) is 0 Å². The van der Waals surface area contributed by atoms with E-state index in [0.29, 0.717) is 18.3 Å². The van der Waals surface area contributed by atoms with E-state index < -0.39 is 0 Å². The van der Waals surface area contributed by atoms with Gasteiger partial charge in [-0.2, -0.15) is 0 Å². The number of carbonyl (C=O) groups is 1. The summed E-state index contributed by atoms with van der Waals surface area (Å²) in [5.74, 6) is 1.24. The molecule has 0 radical (unpaired) electrons. The lowest BCUT2D eigenvalue weighted by molar-refractivity contribution is -0.181. The van der Waals surface area contributed by atoms with E-state index in [0.717, 1.165) is 6.42 Å². The standard InChI is InChI=1S/C18H32O2/c1-3-17(19)20-18(4-2,15-11-7-5-8-12-15)16-13-9-6-10-14-16/h15-16H,3-14H2,1-2H3. The normalized spacial score (nSPS) is 22.7. The minimum atomic E-state index is -0.145. The molecule has 2 saturated carbocycles. The number of hydrogen-bond acceptors (Lipinski definition) is 2. The molecule has 2 heteroatoms. The highest BCUT2D eigenvalue weighted by molar-refractivity contribution is 5.69. The van der Waals surface area contributed by atoms with Gasteiger partial charge in [-0.1, -0.05) is 52.4 Å². The first kappa shape index (κ1) is 15.9. The van der Waals surface area contributed by atoms with Crippen molar-refractivity contribution in [3.8, 4) is 0 Å². The molecule has 2 aliphatic rings. The van der Waals surface area contributed by atoms with Gasteiger partial charge < -0.3 is 4.74 Å². The third-order valence-electron chi connectivity index (χ3n) is 5.74. The third kappa shape index (κ3) is 3.38. The SMILES string of the molecule is CCC(=O)OC(CC)(C1CCCCC1)C1CCCCC1. The maximum atomic E-state index is 12.0. The summed E-state index contributed by atoms with van der Waals surface area (Å²) in [5.41, 5.74) is -0.145. The summed E-state index contributed by atoms with van der Waals surface area (Å²) in [7, 11) is 0. The quantitative estimate of drug-likeness (QED) is 0.643. The fraction of sp³-hybridized carbons (Fsp3) is 0.944. The highest BCUT2D eigenvalue weighted by Crippen LogP contribution is 2.47. The van der Waals surface area contributed by atoms with E-state index in [1.807, 2.05) is 6.92 Å². The Kier molecular flexibility index (Phi) is 5.92. The van der Waals surface area contributed by atoms with Gasteiger partial charge >= 0.3 is 5.97 Å². The van der Waals surface area contributed by atoms with Gasteiger partial charge in [-0.05, 0) is 43.9 Å². The maximum absolute atomic E-state index is 12.0. The molecular formula is C18H32O2. The molecule has 20 heavy (non-hydrogen) atoms. The zero-order valence-electron chi connectivity index (χ0n) is 13.5. The summed E-state index contributed by atoms with van der Waals surface area (Å²) in [6, 6.07) is 0. The Morgan fingerprint density at radius 2 is 1.35 bits per heavy atom. The van der Waals surface area contributed by atoms with E-state index in [-0.39, 0.29) is 11.6 Å². The monoisotopic (exact) mass is 280 g/mol. The predicted octanol–water partition coefficient (Wildman–Crippen LogP) is 5.25. The molecule has 0 spiro atoms. The summed E-state index contributed by atoms with van der Waals surface area (Å²) < 4.78 is 6.18. The van der Waals surface area contributed by atoms with Crippen molar-refractivity contribution in [2.45, 2.75) is 96.5 Å². The van der Waals surface area contributed by atoms with Crippen molar-refractivity contribution in [1.82, 2.24) is 0 Å². The summed E-state index contributed by atoms with van der Waals surface area (Å²) in [5, 5.41) is 0. The molecule has 0 aromatic carbocycles. The van der Waals surface area contributed by atoms with E-state index in [1.165, 1.54) is 64.2 Å². The van der Waals surface area contributed by atoms with Gasteiger partial charge in [0.1, 0.15) is 5.60 Å². The van der Waals surface area contributed by atoms with Crippen molar-refractivity contribution in [2.24, 2.45) is 11.8 Å². The van der Waals surface area contributed by atoms with Crippen LogP contribution in [0.25, 0.3) is 0 Å². The van der Waals surface area contributed by atoms with Crippen LogP contribution in [0.3, 0.4) is 0 Å². The van der Waals surface area contributed by atoms with Gasteiger partial charge in [0.05, 0.1) is 0 Å². The van der Waals surface area contributed by atoms with Crippen LogP contribution in [0.2, 0.25) is 0 Å². The van der Waals surface area contributed by atoms with E-state index >= 15 is 0 Å². The van der Waals surface area contributed by atoms with Crippen LogP contribution in [0, 0.1) is 11.8 Å². The van der Waals surface area contributed by atoms with Crippen LogP contribution in [0.4, 0.5) is 0 Å². The Bertz CT molecular complexity index is 281. The van der Waals surface area contributed by atoms with Gasteiger partial charge in [0.2, 0.25) is 0 Å². The molecule has 2 fully saturated rings. The second kappa shape index (κ2) is 7.47. The third-order valence-corrected chi connectivity index (χ3v) is 5.74. The Balaban J connectivity index is 2.20. The first-order chi connectivity index (χ1) is 9.73. The number of rotatable bonds is 5. The Hall–Kier alpha value is -0.530. The second-order valence-corrected chi connectivity index (χ2v) is 6.81. The molecule has 0 bridgehead atoms. The van der Waals surface area contributed by atoms with Gasteiger partial charge in [0.15, 0.2) is 0 Å². The lowest BCUT2D eigenvalue weighted by Crippen LogP contribution is -2.50. The number of hydrogen-bond donors (Lipinski definition) is 0. The first-order valence-electron chi connectivity index (χ1n) is 8.94. The van der Waals surface area contributed by atoms with Gasteiger partial charge in [-0.25, -0.2) is 0 Å². The fourth-order valence-corrected chi connectivity index (χ4v) is 4.62. The van der Waals surface area contributed by atoms with E-state index in [1.54, 1.807) is 0 Å². The molecule has 0 aromatic rings. The minimum Gasteiger partial charge on any atom is -0.458 e. The Labute approximate surface area is 124 Å². The zero-order chi connectivity index (χ0) is 14.4. The Morgan fingerprint density at radius 3 is 1.70 bits per heavy atom. The minimum absolute atomic E-state index is 0.0167. The summed E-state index contributed by atoms with van der Waals surface area (Å²) in [4.78, 5) is 12.0. The molecule has 2 nitrogen and oxygen atoms in total. The van der Waals surface area contributed by atoms with Gasteiger partial charge in [0.25, 0.3) is 0 Å². The molecule has 0 aromatic heterocycles. The van der Waals surface area contributed by atoms with Crippen molar-refractivity contribution in [3.05, 3.63) is 0 Å². The van der Waals surface area contributed by atoms with Crippen LogP contribution < -0.4 is 0 Å². The van der Waals surface area contributed by atoms with Crippen LogP contribution in [-0.2, 0) is 9.53 Å². The molecule has 0 aliphatic heterocycles. The molecule has 116 valence electrons. The molecule has 0 heterocycles. The molecular weight excluding hydrogens is 248 g/mol. The van der Waals surface area contributed by atoms with Gasteiger partial charge in [-0.3, -0.25) is 4.79 Å². The molecule has 0 saturated heterocycles. The van der Waals surface area contributed by atoms with E-state index in [2.05, 4.69) is 6.92 Å². The van der Waals surface area contributed by atoms with Crippen LogP contribution in [0.5, 0.6) is 0 Å². The van der Waals surface area contributed by atoms with Crippen LogP contribution >= 0.6 is 0 Å². The van der Waals surface area contributed by atoms with Crippen molar-refractivity contribution in [2.75, 3.05) is 0 Å². The largest absolute Gasteiger partial charge is 0.458 e. The predicted molar refractivity (Wildman–Crippen MR) is 82.6 cm³/mol. The molecule has 0 N–H and O–H groups in total. The highest BCUT2D eigenvalue weighted by atomic mass is 16.6.